The van der Waals surface area contributed by atoms with Crippen molar-refractivity contribution in [2.75, 3.05) is 0 Å². The van der Waals surface area contributed by atoms with E-state index in [0.29, 0.717) is 16.9 Å². The molecule has 0 bridgehead atoms. The molecule has 2 N–H and O–H groups in total. The number of halogens is 1. The molecule has 37 heavy (non-hydrogen) atoms. The van der Waals surface area contributed by atoms with Crippen LogP contribution in [0.15, 0.2) is 109 Å². The second kappa shape index (κ2) is 10.7. The number of sulfone groups is 1. The van der Waals surface area contributed by atoms with Gasteiger partial charge in [-0.15, -0.1) is 0 Å². The van der Waals surface area contributed by atoms with E-state index in [1.54, 1.807) is 24.3 Å². The molecule has 0 saturated carbocycles. The summed E-state index contributed by atoms with van der Waals surface area (Å²) >= 11 is 3.33. The van der Waals surface area contributed by atoms with Gasteiger partial charge in [0.2, 0.25) is 9.84 Å². The van der Waals surface area contributed by atoms with Gasteiger partial charge in [0.1, 0.15) is 11.5 Å². The fourth-order valence-electron chi connectivity index (χ4n) is 3.23. The largest absolute Gasteiger partial charge is 0.507 e. The molecule has 0 saturated heterocycles. The number of phenols is 2. The highest BCUT2D eigenvalue weighted by Crippen LogP contribution is 2.27. The van der Waals surface area contributed by atoms with Crippen LogP contribution in [0, 0.1) is 10.1 Å². The predicted octanol–water partition coefficient (Wildman–Crippen LogP) is 6.10. The minimum atomic E-state index is -3.81. The standard InChI is InChI=1S/C26H18BrN3O6S/c27-19-1-11-25(31)17(13-19)15-28-20-2-7-23(8-3-20)37(35,36)24-9-4-21(5-10-24)29-16-18-14-22(30(33)34)6-12-26(18)32/h1-16,31-32H. The van der Waals surface area contributed by atoms with Crippen molar-refractivity contribution in [3.63, 3.8) is 0 Å². The second-order valence-electron chi connectivity index (χ2n) is 7.71. The van der Waals surface area contributed by atoms with E-state index in [-0.39, 0.29) is 32.5 Å². The van der Waals surface area contributed by atoms with E-state index in [4.69, 9.17) is 0 Å². The van der Waals surface area contributed by atoms with Crippen LogP contribution in [0.25, 0.3) is 0 Å². The van der Waals surface area contributed by atoms with Crippen LogP contribution in [0.1, 0.15) is 11.1 Å². The summed E-state index contributed by atoms with van der Waals surface area (Å²) in [5.74, 6) is -0.101. The third-order valence-electron chi connectivity index (χ3n) is 5.21. The lowest BCUT2D eigenvalue weighted by molar-refractivity contribution is -0.384. The lowest BCUT2D eigenvalue weighted by atomic mass is 10.2. The molecule has 0 aliphatic rings. The van der Waals surface area contributed by atoms with Gasteiger partial charge in [-0.3, -0.25) is 20.1 Å². The van der Waals surface area contributed by atoms with Crippen molar-refractivity contribution < 1.29 is 23.6 Å². The average Bonchev–Trinajstić information content (AvgIpc) is 2.89. The number of hydrogen-bond donors (Lipinski definition) is 2. The Bertz CT molecular complexity index is 1630. The van der Waals surface area contributed by atoms with Gasteiger partial charge in [0.05, 0.1) is 26.1 Å². The van der Waals surface area contributed by atoms with Crippen LogP contribution < -0.4 is 0 Å². The zero-order valence-electron chi connectivity index (χ0n) is 18.9. The van der Waals surface area contributed by atoms with Crippen molar-refractivity contribution in [1.29, 1.82) is 0 Å². The van der Waals surface area contributed by atoms with Gasteiger partial charge in [-0.05, 0) is 72.8 Å². The molecule has 11 heteroatoms. The zero-order valence-corrected chi connectivity index (χ0v) is 21.3. The van der Waals surface area contributed by atoms with Crippen molar-refractivity contribution in [2.45, 2.75) is 9.79 Å². The first-order valence-electron chi connectivity index (χ1n) is 10.6. The van der Waals surface area contributed by atoms with Gasteiger partial charge in [0, 0.05) is 40.2 Å². The molecular weight excluding hydrogens is 562 g/mol. The quantitative estimate of drug-likeness (QED) is 0.154. The third-order valence-corrected chi connectivity index (χ3v) is 7.49. The first-order valence-corrected chi connectivity index (χ1v) is 12.9. The van der Waals surface area contributed by atoms with E-state index in [2.05, 4.69) is 25.9 Å². The fourth-order valence-corrected chi connectivity index (χ4v) is 4.87. The number of benzene rings is 4. The maximum absolute atomic E-state index is 13.0. The minimum absolute atomic E-state index is 0.0555. The van der Waals surface area contributed by atoms with Crippen molar-refractivity contribution in [2.24, 2.45) is 9.98 Å². The summed E-state index contributed by atoms with van der Waals surface area (Å²) in [4.78, 5) is 18.9. The van der Waals surface area contributed by atoms with Crippen LogP contribution in [0.2, 0.25) is 0 Å². The summed E-state index contributed by atoms with van der Waals surface area (Å²) in [6.45, 7) is 0. The summed E-state index contributed by atoms with van der Waals surface area (Å²) in [7, 11) is -3.81. The highest BCUT2D eigenvalue weighted by atomic mass is 79.9. The van der Waals surface area contributed by atoms with Crippen molar-refractivity contribution in [3.05, 3.63) is 111 Å². The molecule has 0 fully saturated rings. The Morgan fingerprint density at radius 3 is 1.68 bits per heavy atom. The zero-order chi connectivity index (χ0) is 26.6. The Morgan fingerprint density at radius 1 is 0.730 bits per heavy atom. The van der Waals surface area contributed by atoms with E-state index >= 15 is 0 Å². The van der Waals surface area contributed by atoms with E-state index < -0.39 is 14.8 Å². The molecule has 0 aliphatic carbocycles. The van der Waals surface area contributed by atoms with Gasteiger partial charge in [0.15, 0.2) is 0 Å². The number of phenolic OH excluding ortho intramolecular Hbond substituents is 2. The second-order valence-corrected chi connectivity index (χ2v) is 10.6. The highest BCUT2D eigenvalue weighted by molar-refractivity contribution is 9.10. The Hall–Kier alpha value is -4.35. The monoisotopic (exact) mass is 579 g/mol. The van der Waals surface area contributed by atoms with Crippen molar-refractivity contribution >= 4 is 55.3 Å². The third kappa shape index (κ3) is 6.08. The number of aliphatic imine (C=N–C) groups is 2. The predicted molar refractivity (Wildman–Crippen MR) is 143 cm³/mol. The first-order chi connectivity index (χ1) is 17.6. The molecule has 0 heterocycles. The number of nitro benzene ring substituents is 1. The molecule has 0 radical (unpaired) electrons. The van der Waals surface area contributed by atoms with Crippen molar-refractivity contribution in [3.8, 4) is 11.5 Å². The van der Waals surface area contributed by atoms with E-state index in [1.807, 2.05) is 0 Å². The fraction of sp³-hybridized carbons (Fsp3) is 0. The molecule has 9 nitrogen and oxygen atoms in total. The highest BCUT2D eigenvalue weighted by Gasteiger charge is 2.17. The summed E-state index contributed by atoms with van der Waals surface area (Å²) in [6.07, 6.45) is 2.75. The van der Waals surface area contributed by atoms with Gasteiger partial charge in [0.25, 0.3) is 5.69 Å². The van der Waals surface area contributed by atoms with Crippen molar-refractivity contribution in [1.82, 2.24) is 0 Å². The Labute approximate surface area is 220 Å². The molecule has 0 unspecified atom stereocenters. The van der Waals surface area contributed by atoms with Crippen LogP contribution in [0.4, 0.5) is 17.1 Å². The number of nitrogens with zero attached hydrogens (tertiary/aromatic N) is 3. The molecule has 0 spiro atoms. The van der Waals surface area contributed by atoms with Crippen LogP contribution in [-0.2, 0) is 9.84 Å². The first kappa shape index (κ1) is 25.7. The smallest absolute Gasteiger partial charge is 0.270 e. The lowest BCUT2D eigenvalue weighted by Gasteiger charge is -2.06. The molecule has 0 aliphatic heterocycles. The molecule has 0 amide bonds. The van der Waals surface area contributed by atoms with Crippen LogP contribution in [-0.4, -0.2) is 36.0 Å². The number of hydrogen-bond acceptors (Lipinski definition) is 8. The van der Waals surface area contributed by atoms with Crippen LogP contribution in [0.5, 0.6) is 11.5 Å². The normalized spacial score (nSPS) is 11.8. The summed E-state index contributed by atoms with van der Waals surface area (Å²) in [5.41, 5.74) is 1.37. The van der Waals surface area contributed by atoms with Gasteiger partial charge < -0.3 is 10.2 Å². The molecule has 186 valence electrons. The molecule has 4 aromatic carbocycles. The van der Waals surface area contributed by atoms with Crippen LogP contribution >= 0.6 is 15.9 Å². The molecule has 4 rings (SSSR count). The van der Waals surface area contributed by atoms with Gasteiger partial charge in [-0.2, -0.15) is 0 Å². The maximum atomic E-state index is 13.0. The average molecular weight is 580 g/mol. The SMILES string of the molecule is O=[N+]([O-])c1ccc(O)c(C=Nc2ccc(S(=O)(=O)c3ccc(N=Cc4cc(Br)ccc4O)cc3)cc2)c1. The Morgan fingerprint density at radius 2 is 1.19 bits per heavy atom. The van der Waals surface area contributed by atoms with Gasteiger partial charge in [-0.1, -0.05) is 15.9 Å². The number of aromatic hydroxyl groups is 2. The Kier molecular flexibility index (Phi) is 7.46. The summed E-state index contributed by atoms with van der Waals surface area (Å²) in [6, 6.07) is 20.3. The van der Waals surface area contributed by atoms with Gasteiger partial charge in [-0.25, -0.2) is 8.42 Å². The Balaban J connectivity index is 1.50. The van der Waals surface area contributed by atoms with Crippen LogP contribution in [0.3, 0.4) is 0 Å². The topological polar surface area (TPSA) is 142 Å². The summed E-state index contributed by atoms with van der Waals surface area (Å²) in [5, 5.41) is 30.7. The van der Waals surface area contributed by atoms with E-state index in [1.165, 1.54) is 73.1 Å². The number of rotatable bonds is 7. The molecule has 0 atom stereocenters. The van der Waals surface area contributed by atoms with E-state index in [0.717, 1.165) is 4.47 Å². The lowest BCUT2D eigenvalue weighted by Crippen LogP contribution is -2.01. The number of non-ortho nitro benzene ring substituents is 1. The molecular formula is C26H18BrN3O6S. The molecule has 0 aromatic heterocycles. The minimum Gasteiger partial charge on any atom is -0.507 e. The maximum Gasteiger partial charge on any atom is 0.270 e. The van der Waals surface area contributed by atoms with E-state index in [9.17, 15) is 28.7 Å². The molecule has 4 aromatic rings. The number of nitro groups is 1. The summed E-state index contributed by atoms with van der Waals surface area (Å²) < 4.78 is 26.8. The van der Waals surface area contributed by atoms with Gasteiger partial charge >= 0.3 is 0 Å².